The average molecular weight is 271 g/mol. The second-order valence-electron chi connectivity index (χ2n) is 5.08. The van der Waals surface area contributed by atoms with Crippen molar-refractivity contribution in [1.82, 2.24) is 5.32 Å². The molecule has 0 fully saturated rings. The topological polar surface area (TPSA) is 12.0 Å². The zero-order valence-electron chi connectivity index (χ0n) is 11.6. The molecule has 0 spiro atoms. The fraction of sp³-hybridized carbons (Fsp3) is 0.294. The van der Waals surface area contributed by atoms with Gasteiger partial charge in [0.1, 0.15) is 0 Å². The first-order chi connectivity index (χ1) is 9.15. The van der Waals surface area contributed by atoms with Gasteiger partial charge in [0.05, 0.1) is 0 Å². The van der Waals surface area contributed by atoms with Crippen LogP contribution in [0.2, 0.25) is 0 Å². The van der Waals surface area contributed by atoms with Crippen molar-refractivity contribution < 1.29 is 0 Å². The highest BCUT2D eigenvalue weighted by Gasteiger charge is 2.00. The molecule has 2 aromatic carbocycles. The van der Waals surface area contributed by atoms with Gasteiger partial charge < -0.3 is 5.32 Å². The lowest BCUT2D eigenvalue weighted by Crippen LogP contribution is -2.25. The maximum atomic E-state index is 4.12. The van der Waals surface area contributed by atoms with Crippen LogP contribution in [0.3, 0.4) is 0 Å². The standard InChI is InChI=1S/C17H21NS/c1-13(2)18-11-14(3)12-19-17-9-8-15-6-4-5-7-16(15)10-17/h4-10,13,18H,3,11-12H2,1-2H3. The van der Waals surface area contributed by atoms with Crippen LogP contribution in [-0.4, -0.2) is 18.3 Å². The summed E-state index contributed by atoms with van der Waals surface area (Å²) < 4.78 is 0. The number of rotatable bonds is 6. The molecule has 19 heavy (non-hydrogen) atoms. The van der Waals surface area contributed by atoms with Crippen LogP contribution in [-0.2, 0) is 0 Å². The molecule has 100 valence electrons. The molecule has 2 heteroatoms. The second kappa shape index (κ2) is 6.78. The van der Waals surface area contributed by atoms with Gasteiger partial charge in [-0.1, -0.05) is 56.3 Å². The van der Waals surface area contributed by atoms with E-state index in [1.165, 1.54) is 21.2 Å². The summed E-state index contributed by atoms with van der Waals surface area (Å²) >= 11 is 1.86. The molecule has 0 saturated heterocycles. The lowest BCUT2D eigenvalue weighted by molar-refractivity contribution is 0.623. The normalized spacial score (nSPS) is 11.1. The van der Waals surface area contributed by atoms with Crippen molar-refractivity contribution >= 4 is 22.5 Å². The van der Waals surface area contributed by atoms with E-state index in [1.54, 1.807) is 0 Å². The zero-order valence-corrected chi connectivity index (χ0v) is 12.5. The predicted octanol–water partition coefficient (Wildman–Crippen LogP) is 4.49. The Morgan fingerprint density at radius 2 is 1.89 bits per heavy atom. The highest BCUT2D eigenvalue weighted by Crippen LogP contribution is 2.24. The minimum absolute atomic E-state index is 0.516. The highest BCUT2D eigenvalue weighted by atomic mass is 32.2. The van der Waals surface area contributed by atoms with E-state index in [0.29, 0.717) is 6.04 Å². The Bertz CT molecular complexity index is 560. The van der Waals surface area contributed by atoms with Crippen molar-refractivity contribution in [2.24, 2.45) is 0 Å². The summed E-state index contributed by atoms with van der Waals surface area (Å²) in [7, 11) is 0. The largest absolute Gasteiger partial charge is 0.311 e. The van der Waals surface area contributed by atoms with E-state index in [9.17, 15) is 0 Å². The average Bonchev–Trinajstić information content (AvgIpc) is 2.42. The molecule has 0 bridgehead atoms. The lowest BCUT2D eigenvalue weighted by Gasteiger charge is -2.10. The number of fused-ring (bicyclic) bond motifs is 1. The first-order valence-corrected chi connectivity index (χ1v) is 7.65. The van der Waals surface area contributed by atoms with E-state index < -0.39 is 0 Å². The van der Waals surface area contributed by atoms with Crippen LogP contribution >= 0.6 is 11.8 Å². The Balaban J connectivity index is 1.92. The summed E-state index contributed by atoms with van der Waals surface area (Å²) in [5.74, 6) is 0.970. The van der Waals surface area contributed by atoms with Crippen molar-refractivity contribution in [3.63, 3.8) is 0 Å². The SMILES string of the molecule is C=C(CNC(C)C)CSc1ccc2ccccc2c1. The predicted molar refractivity (Wildman–Crippen MR) is 87.0 cm³/mol. The first kappa shape index (κ1) is 14.2. The Labute approximate surface area is 120 Å². The fourth-order valence-corrected chi connectivity index (χ4v) is 2.69. The number of hydrogen-bond acceptors (Lipinski definition) is 2. The number of benzene rings is 2. The minimum Gasteiger partial charge on any atom is -0.311 e. The molecule has 0 aliphatic carbocycles. The van der Waals surface area contributed by atoms with Gasteiger partial charge in [-0.25, -0.2) is 0 Å². The van der Waals surface area contributed by atoms with Gasteiger partial charge in [0.25, 0.3) is 0 Å². The quantitative estimate of drug-likeness (QED) is 0.614. The van der Waals surface area contributed by atoms with Gasteiger partial charge in [-0.2, -0.15) is 0 Å². The van der Waals surface area contributed by atoms with E-state index in [2.05, 4.69) is 68.2 Å². The Morgan fingerprint density at radius 1 is 1.16 bits per heavy atom. The van der Waals surface area contributed by atoms with Crippen LogP contribution in [0, 0.1) is 0 Å². The number of nitrogens with one attached hydrogen (secondary N) is 1. The molecule has 0 saturated carbocycles. The van der Waals surface area contributed by atoms with E-state index in [1.807, 2.05) is 11.8 Å². The second-order valence-corrected chi connectivity index (χ2v) is 6.13. The summed E-state index contributed by atoms with van der Waals surface area (Å²) in [6, 6.07) is 15.6. The van der Waals surface area contributed by atoms with Crippen LogP contribution in [0.1, 0.15) is 13.8 Å². The van der Waals surface area contributed by atoms with Crippen molar-refractivity contribution in [2.75, 3.05) is 12.3 Å². The summed E-state index contributed by atoms with van der Waals surface area (Å²) in [4.78, 5) is 1.31. The number of thioether (sulfide) groups is 1. The van der Waals surface area contributed by atoms with E-state index in [4.69, 9.17) is 0 Å². The van der Waals surface area contributed by atoms with Crippen LogP contribution in [0.5, 0.6) is 0 Å². The summed E-state index contributed by atoms with van der Waals surface area (Å²) in [6.45, 7) is 9.33. The molecule has 0 amide bonds. The van der Waals surface area contributed by atoms with Crippen molar-refractivity contribution in [2.45, 2.75) is 24.8 Å². The van der Waals surface area contributed by atoms with Crippen molar-refractivity contribution in [3.05, 3.63) is 54.6 Å². The molecule has 0 unspecified atom stereocenters. The molecular formula is C17H21NS. The van der Waals surface area contributed by atoms with Crippen LogP contribution in [0.15, 0.2) is 59.5 Å². The van der Waals surface area contributed by atoms with E-state index in [-0.39, 0.29) is 0 Å². The molecule has 0 aromatic heterocycles. The molecule has 0 atom stereocenters. The van der Waals surface area contributed by atoms with Crippen LogP contribution < -0.4 is 5.32 Å². The van der Waals surface area contributed by atoms with E-state index in [0.717, 1.165) is 12.3 Å². The van der Waals surface area contributed by atoms with Gasteiger partial charge in [-0.15, -0.1) is 11.8 Å². The Kier molecular flexibility index (Phi) is 5.06. The van der Waals surface area contributed by atoms with Gasteiger partial charge in [-0.3, -0.25) is 0 Å². The van der Waals surface area contributed by atoms with Crippen LogP contribution in [0.4, 0.5) is 0 Å². The van der Waals surface area contributed by atoms with Gasteiger partial charge in [0, 0.05) is 23.2 Å². The molecule has 2 aromatic rings. The maximum Gasteiger partial charge on any atom is 0.0200 e. The molecule has 0 radical (unpaired) electrons. The molecular weight excluding hydrogens is 250 g/mol. The fourth-order valence-electron chi connectivity index (χ4n) is 1.84. The molecule has 0 aliphatic rings. The Hall–Kier alpha value is -1.25. The summed E-state index contributed by atoms with van der Waals surface area (Å²) in [5, 5.41) is 6.00. The highest BCUT2D eigenvalue weighted by molar-refractivity contribution is 7.99. The summed E-state index contributed by atoms with van der Waals surface area (Å²) in [6.07, 6.45) is 0. The third-order valence-electron chi connectivity index (χ3n) is 2.92. The molecule has 1 nitrogen and oxygen atoms in total. The van der Waals surface area contributed by atoms with Gasteiger partial charge >= 0.3 is 0 Å². The van der Waals surface area contributed by atoms with Gasteiger partial charge in [0.15, 0.2) is 0 Å². The van der Waals surface area contributed by atoms with Gasteiger partial charge in [0.2, 0.25) is 0 Å². The third kappa shape index (κ3) is 4.41. The molecule has 0 aliphatic heterocycles. The lowest BCUT2D eigenvalue weighted by atomic mass is 10.1. The monoisotopic (exact) mass is 271 g/mol. The molecule has 0 heterocycles. The zero-order chi connectivity index (χ0) is 13.7. The Morgan fingerprint density at radius 3 is 2.63 bits per heavy atom. The summed E-state index contributed by atoms with van der Waals surface area (Å²) in [5.41, 5.74) is 1.24. The minimum atomic E-state index is 0.516. The number of hydrogen-bond donors (Lipinski definition) is 1. The van der Waals surface area contributed by atoms with Crippen LogP contribution in [0.25, 0.3) is 10.8 Å². The van der Waals surface area contributed by atoms with Crippen molar-refractivity contribution in [3.8, 4) is 0 Å². The third-order valence-corrected chi connectivity index (χ3v) is 4.06. The smallest absolute Gasteiger partial charge is 0.0200 e. The molecule has 2 rings (SSSR count). The van der Waals surface area contributed by atoms with E-state index >= 15 is 0 Å². The first-order valence-electron chi connectivity index (χ1n) is 6.67. The van der Waals surface area contributed by atoms with Crippen molar-refractivity contribution in [1.29, 1.82) is 0 Å². The molecule has 1 N–H and O–H groups in total. The van der Waals surface area contributed by atoms with Gasteiger partial charge in [-0.05, 0) is 22.9 Å². The maximum absolute atomic E-state index is 4.12.